The molecule has 6 atom stereocenters. The van der Waals surface area contributed by atoms with Crippen molar-refractivity contribution in [1.82, 2.24) is 10.2 Å². The van der Waals surface area contributed by atoms with Gasteiger partial charge in [0.25, 0.3) is 5.91 Å². The van der Waals surface area contributed by atoms with E-state index in [2.05, 4.69) is 24.1 Å². The van der Waals surface area contributed by atoms with Gasteiger partial charge in [-0.15, -0.1) is 0 Å². The zero-order chi connectivity index (χ0) is 31.4. The number of allylic oxidation sites excluding steroid dienone is 1. The maximum atomic E-state index is 14.6. The molecule has 2 fully saturated rings. The summed E-state index contributed by atoms with van der Waals surface area (Å²) in [7, 11) is 0. The van der Waals surface area contributed by atoms with Gasteiger partial charge in [0.05, 0.1) is 18.6 Å². The molecule has 4 heterocycles. The predicted molar refractivity (Wildman–Crippen MR) is 165 cm³/mol. The topological polar surface area (TPSA) is 129 Å². The number of carbonyl (C=O) groups is 4. The molecule has 4 aliphatic heterocycles. The van der Waals surface area contributed by atoms with Gasteiger partial charge in [-0.25, -0.2) is 0 Å². The van der Waals surface area contributed by atoms with E-state index in [9.17, 15) is 24.3 Å². The Morgan fingerprint density at radius 1 is 1.05 bits per heavy atom. The van der Waals surface area contributed by atoms with Crippen molar-refractivity contribution < 1.29 is 33.8 Å². The molecule has 0 saturated carbocycles. The Morgan fingerprint density at radius 3 is 2.50 bits per heavy atom. The molecule has 11 heteroatoms. The highest BCUT2D eigenvalue weighted by Gasteiger charge is 2.71. The van der Waals surface area contributed by atoms with Crippen molar-refractivity contribution in [2.45, 2.75) is 70.3 Å². The number of aliphatic hydroxyl groups is 1. The van der Waals surface area contributed by atoms with Crippen LogP contribution in [0.5, 0.6) is 0 Å². The molecule has 11 nitrogen and oxygen atoms in total. The van der Waals surface area contributed by atoms with Crippen LogP contribution >= 0.6 is 0 Å². The summed E-state index contributed by atoms with van der Waals surface area (Å²) >= 11 is 0. The molecule has 4 aliphatic rings. The van der Waals surface area contributed by atoms with Crippen LogP contribution in [0.3, 0.4) is 0 Å². The van der Waals surface area contributed by atoms with Gasteiger partial charge in [-0.3, -0.25) is 19.2 Å². The average molecular weight is 609 g/mol. The van der Waals surface area contributed by atoms with Crippen molar-refractivity contribution in [2.24, 2.45) is 11.8 Å². The second-order valence-electron chi connectivity index (χ2n) is 11.9. The SMILES string of the molecule is CCN(CC)c1ccc(N2CC=C[C@@]34O[C@H]5/C=C\CCC(=O)NC[C@H](C)OC(=O)[C@H]5[C@@H]3C(=O)N(CCCCO)[C@H]4C2=O)cc1. The molecule has 238 valence electrons. The lowest BCUT2D eigenvalue weighted by Crippen LogP contribution is -2.55. The van der Waals surface area contributed by atoms with Gasteiger partial charge in [-0.1, -0.05) is 24.3 Å². The molecule has 0 radical (unpaired) electrons. The lowest BCUT2D eigenvalue weighted by atomic mass is 9.78. The van der Waals surface area contributed by atoms with Crippen molar-refractivity contribution in [2.75, 3.05) is 49.1 Å². The van der Waals surface area contributed by atoms with Crippen molar-refractivity contribution >= 4 is 35.1 Å². The molecule has 5 rings (SSSR count). The van der Waals surface area contributed by atoms with Crippen LogP contribution in [0.15, 0.2) is 48.6 Å². The molecule has 2 saturated heterocycles. The molecule has 0 unspecified atom stereocenters. The number of fused-ring (bicyclic) bond motifs is 2. The number of hydrogen-bond donors (Lipinski definition) is 2. The Labute approximate surface area is 258 Å². The summed E-state index contributed by atoms with van der Waals surface area (Å²) in [4.78, 5) is 60.2. The first-order valence-electron chi connectivity index (χ1n) is 15.8. The van der Waals surface area contributed by atoms with Gasteiger partial charge in [-0.2, -0.15) is 0 Å². The Balaban J connectivity index is 1.53. The van der Waals surface area contributed by atoms with E-state index in [1.165, 1.54) is 0 Å². The Bertz CT molecular complexity index is 1290. The number of cyclic esters (lactones) is 1. The molecule has 1 aromatic rings. The standard InChI is InChI=1S/C33H44N4O7/c1-4-35(5-2)23-13-15-24(16-14-23)36-19-10-17-33-28(30(40)37(18-8-9-20-38)29(33)31(36)41)27-25(44-33)11-6-7-12-26(39)34-21-22(3)43-32(27)42/h6,10-11,13-17,22,25,27-29,38H,4-5,7-9,12,18-21H2,1-3H3,(H,34,39)/b11-6-/t22-,25-,27+,28+,29-,33+/m0/s1. The molecule has 3 amide bonds. The van der Waals surface area contributed by atoms with Gasteiger partial charge in [-0.05, 0) is 64.3 Å². The van der Waals surface area contributed by atoms with Crippen molar-refractivity contribution in [3.05, 3.63) is 48.6 Å². The largest absolute Gasteiger partial charge is 0.460 e. The van der Waals surface area contributed by atoms with E-state index in [0.29, 0.717) is 24.9 Å². The average Bonchev–Trinajstić information content (AvgIpc) is 3.39. The van der Waals surface area contributed by atoms with Crippen molar-refractivity contribution in [1.29, 1.82) is 0 Å². The molecule has 44 heavy (non-hydrogen) atoms. The molecule has 0 bridgehead atoms. The predicted octanol–water partition coefficient (Wildman–Crippen LogP) is 2.19. The molecule has 2 N–H and O–H groups in total. The summed E-state index contributed by atoms with van der Waals surface area (Å²) in [5.74, 6) is -3.31. The lowest BCUT2D eigenvalue weighted by molar-refractivity contribution is -0.158. The van der Waals surface area contributed by atoms with Crippen LogP contribution in [0.4, 0.5) is 11.4 Å². The molecule has 0 aromatic heterocycles. The number of likely N-dealkylation sites (tertiary alicyclic amines) is 1. The number of nitrogens with zero attached hydrogens (tertiary/aromatic N) is 3. The summed E-state index contributed by atoms with van der Waals surface area (Å²) in [5, 5.41) is 12.2. The summed E-state index contributed by atoms with van der Waals surface area (Å²) in [6, 6.07) is 6.81. The minimum Gasteiger partial charge on any atom is -0.460 e. The number of amides is 3. The van der Waals surface area contributed by atoms with Gasteiger partial charge < -0.3 is 34.6 Å². The highest BCUT2D eigenvalue weighted by molar-refractivity contribution is 6.05. The highest BCUT2D eigenvalue weighted by atomic mass is 16.6. The van der Waals surface area contributed by atoms with Crippen LogP contribution in [0.25, 0.3) is 0 Å². The summed E-state index contributed by atoms with van der Waals surface area (Å²) < 4.78 is 12.5. The van der Waals surface area contributed by atoms with E-state index >= 15 is 0 Å². The van der Waals surface area contributed by atoms with Crippen LogP contribution in [0.1, 0.15) is 46.5 Å². The van der Waals surface area contributed by atoms with Crippen LogP contribution in [-0.2, 0) is 28.7 Å². The zero-order valence-corrected chi connectivity index (χ0v) is 25.8. The van der Waals surface area contributed by atoms with E-state index in [1.807, 2.05) is 30.3 Å². The third-order valence-corrected chi connectivity index (χ3v) is 9.13. The zero-order valence-electron chi connectivity index (χ0n) is 25.8. The van der Waals surface area contributed by atoms with Crippen molar-refractivity contribution in [3.8, 4) is 0 Å². The lowest BCUT2D eigenvalue weighted by Gasteiger charge is -2.35. The quantitative estimate of drug-likeness (QED) is 0.261. The fourth-order valence-corrected chi connectivity index (χ4v) is 6.96. The summed E-state index contributed by atoms with van der Waals surface area (Å²) in [5.41, 5.74) is 0.369. The molecular formula is C33H44N4O7. The maximum absolute atomic E-state index is 14.6. The first-order chi connectivity index (χ1) is 21.2. The smallest absolute Gasteiger partial charge is 0.313 e. The minimum absolute atomic E-state index is 0.0348. The number of hydrogen-bond acceptors (Lipinski definition) is 8. The monoisotopic (exact) mass is 608 g/mol. The summed E-state index contributed by atoms with van der Waals surface area (Å²) in [6.07, 6.45) is 7.41. The third-order valence-electron chi connectivity index (χ3n) is 9.13. The molecule has 1 aromatic carbocycles. The number of benzene rings is 1. The van der Waals surface area contributed by atoms with Gasteiger partial charge in [0.2, 0.25) is 11.8 Å². The first-order valence-corrected chi connectivity index (χ1v) is 15.8. The van der Waals surface area contributed by atoms with Crippen LogP contribution in [0.2, 0.25) is 0 Å². The number of esters is 1. The third kappa shape index (κ3) is 5.87. The second kappa shape index (κ2) is 13.5. The fourth-order valence-electron chi connectivity index (χ4n) is 6.96. The Hall–Kier alpha value is -3.70. The van der Waals surface area contributed by atoms with Gasteiger partial charge >= 0.3 is 5.97 Å². The fraction of sp³-hybridized carbons (Fsp3) is 0.576. The first kappa shape index (κ1) is 31.7. The van der Waals surface area contributed by atoms with Gasteiger partial charge in [0.1, 0.15) is 23.7 Å². The second-order valence-corrected chi connectivity index (χ2v) is 11.9. The van der Waals surface area contributed by atoms with Crippen molar-refractivity contribution in [3.63, 3.8) is 0 Å². The number of ether oxygens (including phenoxy) is 2. The van der Waals surface area contributed by atoms with E-state index in [1.54, 1.807) is 35.0 Å². The molecule has 1 spiro atoms. The minimum atomic E-state index is -1.39. The van der Waals surface area contributed by atoms with Gasteiger partial charge in [0, 0.05) is 50.6 Å². The molecule has 0 aliphatic carbocycles. The number of rotatable bonds is 8. The van der Waals surface area contributed by atoms with E-state index in [4.69, 9.17) is 9.47 Å². The number of carbonyl (C=O) groups excluding carboxylic acids is 4. The van der Waals surface area contributed by atoms with Gasteiger partial charge in [0.15, 0.2) is 0 Å². The number of anilines is 2. The van der Waals surface area contributed by atoms with E-state index in [0.717, 1.165) is 18.8 Å². The maximum Gasteiger partial charge on any atom is 0.313 e. The van der Waals surface area contributed by atoms with Crippen LogP contribution in [0, 0.1) is 11.8 Å². The Kier molecular flexibility index (Phi) is 9.75. The van der Waals surface area contributed by atoms with E-state index < -0.39 is 41.7 Å². The molecular weight excluding hydrogens is 564 g/mol. The highest BCUT2D eigenvalue weighted by Crippen LogP contribution is 2.53. The number of unbranched alkanes of at least 4 members (excludes halogenated alkanes) is 1. The van der Waals surface area contributed by atoms with Crippen LogP contribution < -0.4 is 15.1 Å². The normalized spacial score (nSPS) is 31.2. The summed E-state index contributed by atoms with van der Waals surface area (Å²) in [6.45, 7) is 8.24. The number of nitrogens with one attached hydrogen (secondary N) is 1. The van der Waals surface area contributed by atoms with E-state index in [-0.39, 0.29) is 50.4 Å². The van der Waals surface area contributed by atoms with Crippen LogP contribution in [-0.4, -0.2) is 96.9 Å². The number of aliphatic hydroxyl groups excluding tert-OH is 1. The Morgan fingerprint density at radius 2 is 1.80 bits per heavy atom.